The molecule has 0 radical (unpaired) electrons. The third kappa shape index (κ3) is 2.39. The minimum Gasteiger partial charge on any atom is -0.321 e. The first-order valence-corrected chi connectivity index (χ1v) is 4.77. The van der Waals surface area contributed by atoms with Crippen molar-refractivity contribution in [1.82, 2.24) is 4.98 Å². The molecule has 0 aromatic carbocycles. The highest BCUT2D eigenvalue weighted by atomic mass is 32.1. The van der Waals surface area contributed by atoms with Gasteiger partial charge in [0.25, 0.3) is 0 Å². The Morgan fingerprint density at radius 3 is 3.08 bits per heavy atom. The van der Waals surface area contributed by atoms with Gasteiger partial charge in [-0.3, -0.25) is 9.78 Å². The summed E-state index contributed by atoms with van der Waals surface area (Å²) in [5.41, 5.74) is 7.40. The Morgan fingerprint density at radius 2 is 2.58 bits per heavy atom. The molecule has 3 nitrogen and oxygen atoms in total. The zero-order valence-corrected chi connectivity index (χ0v) is 7.80. The quantitative estimate of drug-likeness (QED) is 0.759. The van der Waals surface area contributed by atoms with Crippen molar-refractivity contribution in [2.45, 2.75) is 25.8 Å². The predicted molar refractivity (Wildman–Crippen MR) is 49.1 cm³/mol. The lowest BCUT2D eigenvalue weighted by Crippen LogP contribution is -2.31. The maximum atomic E-state index is 11.1. The van der Waals surface area contributed by atoms with Crippen LogP contribution in [0.4, 0.5) is 0 Å². The van der Waals surface area contributed by atoms with Gasteiger partial charge in [0.1, 0.15) is 5.78 Å². The highest BCUT2D eigenvalue weighted by Crippen LogP contribution is 2.08. The van der Waals surface area contributed by atoms with Gasteiger partial charge >= 0.3 is 0 Å². The van der Waals surface area contributed by atoms with E-state index in [0.29, 0.717) is 12.8 Å². The van der Waals surface area contributed by atoms with Crippen LogP contribution >= 0.6 is 11.3 Å². The number of nitrogens with zero attached hydrogens (tertiary/aromatic N) is 1. The molecule has 1 aromatic heterocycles. The minimum absolute atomic E-state index is 0.114. The average Bonchev–Trinajstić information content (AvgIpc) is 2.55. The van der Waals surface area contributed by atoms with Gasteiger partial charge in [-0.15, -0.1) is 11.3 Å². The lowest BCUT2D eigenvalue weighted by atomic mass is 10.1. The topological polar surface area (TPSA) is 56.0 Å². The largest absolute Gasteiger partial charge is 0.321 e. The maximum absolute atomic E-state index is 11.1. The van der Waals surface area contributed by atoms with Gasteiger partial charge in [-0.2, -0.15) is 0 Å². The van der Waals surface area contributed by atoms with Crippen molar-refractivity contribution in [2.24, 2.45) is 5.73 Å². The molecular weight excluding hydrogens is 172 g/mol. The van der Waals surface area contributed by atoms with E-state index in [0.717, 1.165) is 4.88 Å². The van der Waals surface area contributed by atoms with E-state index in [9.17, 15) is 4.79 Å². The normalized spacial score (nSPS) is 12.8. The van der Waals surface area contributed by atoms with Crippen LogP contribution in [0.25, 0.3) is 0 Å². The molecule has 0 saturated carbocycles. The lowest BCUT2D eigenvalue weighted by molar-refractivity contribution is -0.119. The molecule has 1 unspecified atom stereocenters. The molecular formula is C8H12N2OS. The zero-order valence-electron chi connectivity index (χ0n) is 6.99. The van der Waals surface area contributed by atoms with Gasteiger partial charge in [0, 0.05) is 23.9 Å². The fraction of sp³-hybridized carbons (Fsp3) is 0.500. The second-order valence-corrected chi connectivity index (χ2v) is 3.57. The molecule has 0 aliphatic rings. The monoisotopic (exact) mass is 184 g/mol. The number of rotatable bonds is 4. The number of thiazole rings is 1. The number of nitrogens with two attached hydrogens (primary N) is 1. The van der Waals surface area contributed by atoms with Crippen LogP contribution in [0.1, 0.15) is 18.2 Å². The Labute approximate surface area is 75.6 Å². The van der Waals surface area contributed by atoms with Crippen LogP contribution in [0.3, 0.4) is 0 Å². The molecule has 0 aliphatic carbocycles. The molecule has 66 valence electrons. The van der Waals surface area contributed by atoms with E-state index in [2.05, 4.69) is 4.98 Å². The number of carbonyl (C=O) groups is 1. The molecule has 12 heavy (non-hydrogen) atoms. The molecule has 0 saturated heterocycles. The number of hydrogen-bond acceptors (Lipinski definition) is 4. The molecule has 0 aliphatic heterocycles. The van der Waals surface area contributed by atoms with Crippen LogP contribution in [-0.4, -0.2) is 16.8 Å². The van der Waals surface area contributed by atoms with Crippen LogP contribution in [0.15, 0.2) is 11.7 Å². The third-order valence-corrected chi connectivity index (χ3v) is 2.47. The van der Waals surface area contributed by atoms with E-state index >= 15 is 0 Å². The van der Waals surface area contributed by atoms with Crippen molar-refractivity contribution in [2.75, 3.05) is 0 Å². The fourth-order valence-corrected chi connectivity index (χ4v) is 1.59. The number of hydrogen-bond donors (Lipinski definition) is 1. The highest BCUT2D eigenvalue weighted by molar-refractivity contribution is 7.09. The van der Waals surface area contributed by atoms with E-state index in [-0.39, 0.29) is 11.8 Å². The van der Waals surface area contributed by atoms with E-state index in [1.165, 1.54) is 11.3 Å². The molecule has 1 rings (SSSR count). The van der Waals surface area contributed by atoms with Crippen molar-refractivity contribution in [3.63, 3.8) is 0 Å². The third-order valence-electron chi connectivity index (χ3n) is 1.67. The Kier molecular flexibility index (Phi) is 3.37. The van der Waals surface area contributed by atoms with Crippen molar-refractivity contribution >= 4 is 17.1 Å². The first-order valence-electron chi connectivity index (χ1n) is 3.89. The molecule has 0 fully saturated rings. The van der Waals surface area contributed by atoms with E-state index in [1.807, 2.05) is 6.92 Å². The van der Waals surface area contributed by atoms with Crippen LogP contribution in [0, 0.1) is 0 Å². The smallest absolute Gasteiger partial charge is 0.149 e. The van der Waals surface area contributed by atoms with E-state index in [1.54, 1.807) is 11.7 Å². The number of Topliss-reactive ketones (excluding diaryl/α,β-unsaturated/α-hetero) is 1. The number of ketones is 1. The molecule has 0 amide bonds. The molecule has 1 atom stereocenters. The van der Waals surface area contributed by atoms with Gasteiger partial charge < -0.3 is 5.73 Å². The van der Waals surface area contributed by atoms with Gasteiger partial charge in [-0.25, -0.2) is 0 Å². The Hall–Kier alpha value is -0.740. The number of aromatic nitrogens is 1. The van der Waals surface area contributed by atoms with Crippen LogP contribution in [0.2, 0.25) is 0 Å². The average molecular weight is 184 g/mol. The molecule has 0 spiro atoms. The summed E-state index contributed by atoms with van der Waals surface area (Å²) in [5, 5.41) is 0. The molecule has 0 bridgehead atoms. The molecule has 4 heteroatoms. The summed E-state index contributed by atoms with van der Waals surface area (Å²) >= 11 is 1.54. The van der Waals surface area contributed by atoms with Crippen molar-refractivity contribution < 1.29 is 4.79 Å². The SMILES string of the molecule is CCC(=O)C(N)Cc1cncs1. The summed E-state index contributed by atoms with van der Waals surface area (Å²) in [6.07, 6.45) is 2.89. The van der Waals surface area contributed by atoms with E-state index < -0.39 is 0 Å². The Bertz CT molecular complexity index is 246. The standard InChI is InChI=1S/C8H12N2OS/c1-2-8(11)7(9)3-6-4-10-5-12-6/h4-5,7H,2-3,9H2,1H3. The summed E-state index contributed by atoms with van der Waals surface area (Å²) in [6, 6.07) is -0.351. The van der Waals surface area contributed by atoms with Gasteiger partial charge in [0.15, 0.2) is 0 Å². The van der Waals surface area contributed by atoms with Crippen LogP contribution in [-0.2, 0) is 11.2 Å². The highest BCUT2D eigenvalue weighted by Gasteiger charge is 2.12. The predicted octanol–water partition coefficient (Wildman–Crippen LogP) is 0.992. The number of carbonyl (C=O) groups excluding carboxylic acids is 1. The lowest BCUT2D eigenvalue weighted by Gasteiger charge is -2.05. The fourth-order valence-electron chi connectivity index (χ4n) is 0.936. The summed E-state index contributed by atoms with van der Waals surface area (Å²) in [4.78, 5) is 16.1. The second kappa shape index (κ2) is 4.33. The first kappa shape index (κ1) is 9.35. The minimum atomic E-state index is -0.351. The summed E-state index contributed by atoms with van der Waals surface area (Å²) in [6.45, 7) is 1.83. The Morgan fingerprint density at radius 1 is 1.83 bits per heavy atom. The molecule has 1 heterocycles. The van der Waals surface area contributed by atoms with Gasteiger partial charge in [0.05, 0.1) is 11.6 Å². The summed E-state index contributed by atoms with van der Waals surface area (Å²) in [5.74, 6) is 0.114. The Balaban J connectivity index is 2.47. The van der Waals surface area contributed by atoms with Gasteiger partial charge in [-0.05, 0) is 0 Å². The van der Waals surface area contributed by atoms with Crippen LogP contribution in [0.5, 0.6) is 0 Å². The molecule has 2 N–H and O–H groups in total. The van der Waals surface area contributed by atoms with E-state index in [4.69, 9.17) is 5.73 Å². The second-order valence-electron chi connectivity index (χ2n) is 2.60. The summed E-state index contributed by atoms with van der Waals surface area (Å²) in [7, 11) is 0. The first-order chi connectivity index (χ1) is 5.74. The van der Waals surface area contributed by atoms with Crippen molar-refractivity contribution in [3.05, 3.63) is 16.6 Å². The van der Waals surface area contributed by atoms with Crippen molar-refractivity contribution in [3.8, 4) is 0 Å². The van der Waals surface area contributed by atoms with Crippen molar-refractivity contribution in [1.29, 1.82) is 0 Å². The van der Waals surface area contributed by atoms with Gasteiger partial charge in [-0.1, -0.05) is 6.92 Å². The maximum Gasteiger partial charge on any atom is 0.149 e. The summed E-state index contributed by atoms with van der Waals surface area (Å²) < 4.78 is 0. The van der Waals surface area contributed by atoms with Crippen LogP contribution < -0.4 is 5.73 Å². The van der Waals surface area contributed by atoms with Gasteiger partial charge in [0.2, 0.25) is 0 Å². The molecule has 1 aromatic rings. The zero-order chi connectivity index (χ0) is 8.97.